The van der Waals surface area contributed by atoms with Crippen LogP contribution in [0.2, 0.25) is 5.02 Å². The van der Waals surface area contributed by atoms with E-state index >= 15 is 0 Å². The lowest BCUT2D eigenvalue weighted by molar-refractivity contribution is 0.0242. The molecule has 0 aliphatic carbocycles. The van der Waals surface area contributed by atoms with Gasteiger partial charge in [-0.25, -0.2) is 0 Å². The molecule has 2 unspecified atom stereocenters. The Morgan fingerprint density at radius 2 is 1.82 bits per heavy atom. The van der Waals surface area contributed by atoms with Crippen LogP contribution in [0.1, 0.15) is 29.8 Å². The number of benzene rings is 2. The first-order valence-corrected chi connectivity index (χ1v) is 12.6. The molecule has 1 saturated heterocycles. The summed E-state index contributed by atoms with van der Waals surface area (Å²) in [4.78, 5) is 16.0. The monoisotopic (exact) mass is 471 g/mol. The van der Waals surface area contributed by atoms with Crippen molar-refractivity contribution in [1.29, 1.82) is 0 Å². The van der Waals surface area contributed by atoms with E-state index in [2.05, 4.69) is 80.1 Å². The maximum Gasteiger partial charge on any atom is 0.0784 e. The molecular weight excluding hydrogens is 442 g/mol. The smallest absolute Gasteiger partial charge is 0.0784 e. The fraction of sp³-hybridized carbons (Fsp3) is 0.321. The van der Waals surface area contributed by atoms with Crippen molar-refractivity contribution in [3.8, 4) is 0 Å². The van der Waals surface area contributed by atoms with Crippen LogP contribution in [0.5, 0.6) is 0 Å². The molecule has 0 bridgehead atoms. The van der Waals surface area contributed by atoms with E-state index in [0.717, 1.165) is 44.2 Å². The van der Waals surface area contributed by atoms with Gasteiger partial charge < -0.3 is 9.88 Å². The van der Waals surface area contributed by atoms with Gasteiger partial charge in [-0.1, -0.05) is 41.9 Å². The normalized spacial score (nSPS) is 20.4. The first kappa shape index (κ1) is 21.7. The summed E-state index contributed by atoms with van der Waals surface area (Å²) >= 11 is 6.24. The molecule has 2 aliphatic rings. The Bertz CT molecular complexity index is 1280. The van der Waals surface area contributed by atoms with E-state index in [1.807, 2.05) is 24.5 Å². The molecular formula is C28H30ClN5. The van der Waals surface area contributed by atoms with Gasteiger partial charge in [-0.2, -0.15) is 0 Å². The Kier molecular flexibility index (Phi) is 5.77. The average Bonchev–Trinajstić information content (AvgIpc) is 3.27. The third-order valence-corrected chi connectivity index (χ3v) is 7.80. The fourth-order valence-electron chi connectivity index (χ4n) is 5.79. The molecule has 5 nitrogen and oxygen atoms in total. The summed E-state index contributed by atoms with van der Waals surface area (Å²) in [6, 6.07) is 21.3. The summed E-state index contributed by atoms with van der Waals surface area (Å²) in [5.74, 6) is 0. The van der Waals surface area contributed by atoms with Gasteiger partial charge in [0.2, 0.25) is 0 Å². The molecule has 2 aliphatic heterocycles. The predicted molar refractivity (Wildman–Crippen MR) is 139 cm³/mol. The zero-order valence-electron chi connectivity index (χ0n) is 19.5. The van der Waals surface area contributed by atoms with Crippen molar-refractivity contribution in [1.82, 2.24) is 19.8 Å². The molecule has 0 radical (unpaired) electrons. The number of fused-ring (bicyclic) bond motifs is 3. The maximum absolute atomic E-state index is 6.24. The van der Waals surface area contributed by atoms with E-state index < -0.39 is 0 Å². The third-order valence-electron chi connectivity index (χ3n) is 7.57. The Balaban J connectivity index is 1.27. The van der Waals surface area contributed by atoms with Crippen molar-refractivity contribution >= 4 is 28.2 Å². The number of rotatable bonds is 4. The second-order valence-electron chi connectivity index (χ2n) is 9.37. The van der Waals surface area contributed by atoms with Gasteiger partial charge in [-0.3, -0.25) is 14.8 Å². The Morgan fingerprint density at radius 1 is 0.971 bits per heavy atom. The quantitative estimate of drug-likeness (QED) is 0.436. The Morgan fingerprint density at radius 3 is 2.62 bits per heavy atom. The molecule has 6 heteroatoms. The summed E-state index contributed by atoms with van der Waals surface area (Å²) in [5, 5.41) is 2.16. The summed E-state index contributed by atoms with van der Waals surface area (Å²) in [5.41, 5.74) is 6.47. The topological polar surface area (TPSA) is 38.4 Å². The van der Waals surface area contributed by atoms with Gasteiger partial charge in [0.1, 0.15) is 0 Å². The van der Waals surface area contributed by atoms with Crippen molar-refractivity contribution in [2.75, 3.05) is 37.6 Å². The molecule has 2 aromatic carbocycles. The van der Waals surface area contributed by atoms with Gasteiger partial charge in [0, 0.05) is 72.4 Å². The predicted octanol–water partition coefficient (Wildman–Crippen LogP) is 5.33. The highest BCUT2D eigenvalue weighted by atomic mass is 35.5. The highest BCUT2D eigenvalue weighted by Crippen LogP contribution is 2.39. The SMILES string of the molecule is CC(N1CCN(c2cccc(Cl)c2)CC1)N1CCc2c([nH]c3ccccc23)C1c1cccnc1. The van der Waals surface area contributed by atoms with Gasteiger partial charge in [0.25, 0.3) is 0 Å². The Hall–Kier alpha value is -2.86. The first-order chi connectivity index (χ1) is 16.7. The average molecular weight is 472 g/mol. The number of piperazine rings is 1. The molecule has 6 rings (SSSR count). The number of hydrogen-bond donors (Lipinski definition) is 1. The molecule has 2 atom stereocenters. The minimum atomic E-state index is 0.172. The van der Waals surface area contributed by atoms with Crippen LogP contribution >= 0.6 is 11.6 Å². The highest BCUT2D eigenvalue weighted by Gasteiger charge is 2.37. The minimum Gasteiger partial charge on any atom is -0.369 e. The number of nitrogens with one attached hydrogen (secondary N) is 1. The van der Waals surface area contributed by atoms with E-state index in [-0.39, 0.29) is 6.04 Å². The van der Waals surface area contributed by atoms with Crippen molar-refractivity contribution in [3.63, 3.8) is 0 Å². The lowest BCUT2D eigenvalue weighted by Gasteiger charge is -2.47. The number of pyridine rings is 1. The zero-order valence-corrected chi connectivity index (χ0v) is 20.2. The molecule has 2 aromatic heterocycles. The molecule has 34 heavy (non-hydrogen) atoms. The van der Waals surface area contributed by atoms with Crippen LogP contribution < -0.4 is 4.90 Å². The van der Waals surface area contributed by atoms with Crippen molar-refractivity contribution in [3.05, 3.63) is 94.9 Å². The number of para-hydroxylation sites is 1. The van der Waals surface area contributed by atoms with Crippen LogP contribution in [-0.4, -0.2) is 58.7 Å². The van der Waals surface area contributed by atoms with Crippen LogP contribution in [0, 0.1) is 0 Å². The highest BCUT2D eigenvalue weighted by molar-refractivity contribution is 6.30. The fourth-order valence-corrected chi connectivity index (χ4v) is 5.98. The molecule has 0 spiro atoms. The van der Waals surface area contributed by atoms with Gasteiger partial charge in [-0.15, -0.1) is 0 Å². The van der Waals surface area contributed by atoms with Crippen molar-refractivity contribution in [2.24, 2.45) is 0 Å². The third kappa shape index (κ3) is 3.88. The minimum absolute atomic E-state index is 0.172. The molecule has 1 N–H and O–H groups in total. The van der Waals surface area contributed by atoms with E-state index in [4.69, 9.17) is 11.6 Å². The standard InChI is InChI=1S/C28H30ClN5/c1-20(32-14-16-33(17-15-32)23-8-4-7-22(29)18-23)34-13-11-25-24-9-2-3-10-26(24)31-27(25)28(34)21-6-5-12-30-19-21/h2-10,12,18-20,28,31H,11,13-17H2,1H3. The number of nitrogens with zero attached hydrogens (tertiary/aromatic N) is 4. The van der Waals surface area contributed by atoms with Crippen LogP contribution in [0.25, 0.3) is 10.9 Å². The summed E-state index contributed by atoms with van der Waals surface area (Å²) in [7, 11) is 0. The number of anilines is 1. The number of halogens is 1. The van der Waals surface area contributed by atoms with Crippen molar-refractivity contribution < 1.29 is 0 Å². The molecule has 174 valence electrons. The Labute approximate surface area is 206 Å². The molecule has 0 saturated carbocycles. The summed E-state index contributed by atoms with van der Waals surface area (Å²) < 4.78 is 0. The molecule has 4 heterocycles. The van der Waals surface area contributed by atoms with Gasteiger partial charge >= 0.3 is 0 Å². The van der Waals surface area contributed by atoms with Crippen LogP contribution in [0.4, 0.5) is 5.69 Å². The number of aromatic amines is 1. The van der Waals surface area contributed by atoms with Crippen LogP contribution in [0.15, 0.2) is 73.1 Å². The maximum atomic E-state index is 6.24. The van der Waals surface area contributed by atoms with Crippen LogP contribution in [-0.2, 0) is 6.42 Å². The van der Waals surface area contributed by atoms with E-state index in [1.54, 1.807) is 0 Å². The number of aromatic nitrogens is 2. The van der Waals surface area contributed by atoms with E-state index in [9.17, 15) is 0 Å². The van der Waals surface area contributed by atoms with Gasteiger partial charge in [0.15, 0.2) is 0 Å². The zero-order chi connectivity index (χ0) is 23.1. The number of H-pyrrole nitrogens is 1. The second kappa shape index (κ2) is 9.06. The lowest BCUT2D eigenvalue weighted by Crippen LogP contribution is -2.56. The molecule has 4 aromatic rings. The van der Waals surface area contributed by atoms with Gasteiger partial charge in [-0.05, 0) is 54.8 Å². The van der Waals surface area contributed by atoms with Gasteiger partial charge in [0.05, 0.1) is 12.2 Å². The second-order valence-corrected chi connectivity index (χ2v) is 9.81. The van der Waals surface area contributed by atoms with Crippen LogP contribution in [0.3, 0.4) is 0 Å². The molecule has 1 fully saturated rings. The number of hydrogen-bond acceptors (Lipinski definition) is 4. The first-order valence-electron chi connectivity index (χ1n) is 12.2. The molecule has 0 amide bonds. The van der Waals surface area contributed by atoms with Crippen molar-refractivity contribution in [2.45, 2.75) is 25.6 Å². The van der Waals surface area contributed by atoms with E-state index in [0.29, 0.717) is 6.17 Å². The van der Waals surface area contributed by atoms with E-state index in [1.165, 1.54) is 33.4 Å². The largest absolute Gasteiger partial charge is 0.369 e. The lowest BCUT2D eigenvalue weighted by atomic mass is 9.92. The summed E-state index contributed by atoms with van der Waals surface area (Å²) in [6.45, 7) is 7.48. The summed E-state index contributed by atoms with van der Waals surface area (Å²) in [6.07, 6.45) is 5.28.